The predicted octanol–water partition coefficient (Wildman–Crippen LogP) is 2.61. The van der Waals surface area contributed by atoms with Gasteiger partial charge >= 0.3 is 12.0 Å². The molecule has 0 atom stereocenters. The molecule has 1 N–H and O–H groups in total. The number of hydrogen-bond donors (Lipinski definition) is 1. The summed E-state index contributed by atoms with van der Waals surface area (Å²) in [5.41, 5.74) is 0.305. The topological polar surface area (TPSA) is 72.6 Å². The number of rotatable bonds is 3. The molecule has 88 valence electrons. The highest BCUT2D eigenvalue weighted by Crippen LogP contribution is 2.24. The maximum absolute atomic E-state index is 12.8. The van der Waals surface area contributed by atoms with Gasteiger partial charge in [0.2, 0.25) is 0 Å². The van der Waals surface area contributed by atoms with E-state index in [1.165, 1.54) is 18.2 Å². The minimum absolute atomic E-state index is 0.197. The number of ether oxygens (including phenoxy) is 1. The molecule has 17 heavy (non-hydrogen) atoms. The Balaban J connectivity index is 2.22. The van der Waals surface area contributed by atoms with Gasteiger partial charge in [-0.05, 0) is 30.7 Å². The zero-order valence-corrected chi connectivity index (χ0v) is 8.81. The van der Waals surface area contributed by atoms with Gasteiger partial charge in [-0.1, -0.05) is 0 Å². The van der Waals surface area contributed by atoms with Gasteiger partial charge in [0, 0.05) is 0 Å². The van der Waals surface area contributed by atoms with Crippen LogP contribution in [0.1, 0.15) is 16.1 Å². The number of aromatic carboxylic acids is 1. The van der Waals surface area contributed by atoms with Crippen LogP contribution >= 0.6 is 0 Å². The van der Waals surface area contributed by atoms with Crippen LogP contribution in [0.2, 0.25) is 0 Å². The third-order valence-corrected chi connectivity index (χ3v) is 2.04. The predicted molar refractivity (Wildman–Crippen MR) is 54.7 cm³/mol. The maximum atomic E-state index is 12.8. The Kier molecular flexibility index (Phi) is 2.78. The molecule has 0 aliphatic carbocycles. The molecule has 0 amide bonds. The molecular formula is C11H8FNO4. The Hall–Kier alpha value is -2.37. The van der Waals surface area contributed by atoms with Crippen molar-refractivity contribution in [2.45, 2.75) is 6.92 Å². The lowest BCUT2D eigenvalue weighted by molar-refractivity contribution is 0.0690. The first-order chi connectivity index (χ1) is 8.06. The van der Waals surface area contributed by atoms with E-state index in [-0.39, 0.29) is 17.6 Å². The van der Waals surface area contributed by atoms with Crippen molar-refractivity contribution >= 4 is 5.97 Å². The molecule has 0 fully saturated rings. The molecule has 0 saturated heterocycles. The van der Waals surface area contributed by atoms with Gasteiger partial charge in [-0.3, -0.25) is 0 Å². The first kappa shape index (κ1) is 11.1. The SMILES string of the molecule is Cc1cc(F)ccc1Oc1nc(C(=O)O)co1. The largest absolute Gasteiger partial charge is 0.476 e. The molecular weight excluding hydrogens is 229 g/mol. The first-order valence-electron chi connectivity index (χ1n) is 4.69. The molecule has 2 rings (SSSR count). The Bertz CT molecular complexity index is 564. The van der Waals surface area contributed by atoms with E-state index in [4.69, 9.17) is 14.3 Å². The average Bonchev–Trinajstić information content (AvgIpc) is 2.71. The van der Waals surface area contributed by atoms with Crippen molar-refractivity contribution in [3.63, 3.8) is 0 Å². The van der Waals surface area contributed by atoms with E-state index >= 15 is 0 Å². The molecule has 1 aromatic heterocycles. The summed E-state index contributed by atoms with van der Waals surface area (Å²) in [5, 5.41) is 8.63. The number of nitrogens with zero attached hydrogens (tertiary/aromatic N) is 1. The van der Waals surface area contributed by atoms with Crippen molar-refractivity contribution in [2.24, 2.45) is 0 Å². The maximum Gasteiger partial charge on any atom is 0.399 e. The van der Waals surface area contributed by atoms with Crippen LogP contribution in [0.5, 0.6) is 11.8 Å². The highest BCUT2D eigenvalue weighted by molar-refractivity contribution is 5.84. The number of halogens is 1. The highest BCUT2D eigenvalue weighted by Gasteiger charge is 2.12. The summed E-state index contributed by atoms with van der Waals surface area (Å²) in [6, 6.07) is 3.93. The first-order valence-corrected chi connectivity index (χ1v) is 4.69. The highest BCUT2D eigenvalue weighted by atomic mass is 19.1. The van der Waals surface area contributed by atoms with Crippen LogP contribution < -0.4 is 4.74 Å². The second-order valence-electron chi connectivity index (χ2n) is 3.32. The third kappa shape index (κ3) is 2.41. The lowest BCUT2D eigenvalue weighted by atomic mass is 10.2. The van der Waals surface area contributed by atoms with Crippen LogP contribution in [0.15, 0.2) is 28.9 Å². The summed E-state index contributed by atoms with van der Waals surface area (Å²) in [4.78, 5) is 14.1. The van der Waals surface area contributed by atoms with Gasteiger partial charge < -0.3 is 14.3 Å². The second-order valence-corrected chi connectivity index (χ2v) is 3.32. The number of oxazole rings is 1. The number of aryl methyl sites for hydroxylation is 1. The average molecular weight is 237 g/mol. The summed E-state index contributed by atoms with van der Waals surface area (Å²) in [6.45, 7) is 1.65. The van der Waals surface area contributed by atoms with Crippen LogP contribution in [0, 0.1) is 12.7 Å². The number of benzene rings is 1. The molecule has 0 unspecified atom stereocenters. The minimum atomic E-state index is -1.21. The van der Waals surface area contributed by atoms with E-state index < -0.39 is 5.97 Å². The van der Waals surface area contributed by atoms with Gasteiger partial charge in [0.15, 0.2) is 5.69 Å². The zero-order valence-electron chi connectivity index (χ0n) is 8.81. The molecule has 2 aromatic rings. The Labute approximate surface area is 95.5 Å². The van der Waals surface area contributed by atoms with E-state index in [1.807, 2.05) is 0 Å². The second kappa shape index (κ2) is 4.25. The van der Waals surface area contributed by atoms with Crippen molar-refractivity contribution in [3.05, 3.63) is 41.5 Å². The molecule has 5 nitrogen and oxygen atoms in total. The molecule has 1 aromatic carbocycles. The number of carbonyl (C=O) groups is 1. The smallest absolute Gasteiger partial charge is 0.399 e. The summed E-state index contributed by atoms with van der Waals surface area (Å²) in [7, 11) is 0. The molecule has 0 spiro atoms. The fourth-order valence-corrected chi connectivity index (χ4v) is 1.22. The molecule has 0 aliphatic heterocycles. The lowest BCUT2D eigenvalue weighted by Gasteiger charge is -2.03. The normalized spacial score (nSPS) is 10.2. The molecule has 0 saturated carbocycles. The molecule has 1 heterocycles. The minimum Gasteiger partial charge on any atom is -0.476 e. The van der Waals surface area contributed by atoms with Gasteiger partial charge in [0.1, 0.15) is 17.8 Å². The quantitative estimate of drug-likeness (QED) is 0.888. The van der Waals surface area contributed by atoms with Crippen molar-refractivity contribution < 1.29 is 23.4 Å². The molecule has 0 aliphatic rings. The fraction of sp³-hybridized carbons (Fsp3) is 0.0909. The third-order valence-electron chi connectivity index (χ3n) is 2.04. The van der Waals surface area contributed by atoms with E-state index in [1.54, 1.807) is 6.92 Å². The van der Waals surface area contributed by atoms with E-state index in [2.05, 4.69) is 4.98 Å². The van der Waals surface area contributed by atoms with Crippen LogP contribution in [0.4, 0.5) is 4.39 Å². The van der Waals surface area contributed by atoms with E-state index in [0.29, 0.717) is 11.3 Å². The number of aromatic nitrogens is 1. The number of hydrogen-bond acceptors (Lipinski definition) is 4. The van der Waals surface area contributed by atoms with Gasteiger partial charge in [-0.15, -0.1) is 0 Å². The number of carboxylic acid groups (broad SMARTS) is 1. The van der Waals surface area contributed by atoms with Gasteiger partial charge in [0.05, 0.1) is 0 Å². The summed E-state index contributed by atoms with van der Waals surface area (Å²) in [6.07, 6.45) is 0.772. The van der Waals surface area contributed by atoms with Crippen molar-refractivity contribution in [1.29, 1.82) is 0 Å². The van der Waals surface area contributed by atoms with Crippen molar-refractivity contribution in [3.8, 4) is 11.8 Å². The van der Waals surface area contributed by atoms with E-state index in [0.717, 1.165) is 6.26 Å². The summed E-state index contributed by atoms with van der Waals surface area (Å²) in [5.74, 6) is -1.24. The fourth-order valence-electron chi connectivity index (χ4n) is 1.22. The van der Waals surface area contributed by atoms with Crippen LogP contribution in [-0.4, -0.2) is 16.1 Å². The van der Waals surface area contributed by atoms with Crippen molar-refractivity contribution in [1.82, 2.24) is 4.98 Å². The van der Waals surface area contributed by atoms with Gasteiger partial charge in [-0.2, -0.15) is 4.98 Å². The van der Waals surface area contributed by atoms with E-state index in [9.17, 15) is 9.18 Å². The van der Waals surface area contributed by atoms with Gasteiger partial charge in [-0.25, -0.2) is 9.18 Å². The summed E-state index contributed by atoms with van der Waals surface area (Å²) >= 11 is 0. The lowest BCUT2D eigenvalue weighted by Crippen LogP contribution is -1.96. The Morgan fingerprint density at radius 2 is 2.29 bits per heavy atom. The van der Waals surface area contributed by atoms with Crippen LogP contribution in [0.25, 0.3) is 0 Å². The molecule has 0 radical (unpaired) electrons. The number of carboxylic acids is 1. The monoisotopic (exact) mass is 237 g/mol. The van der Waals surface area contributed by atoms with Gasteiger partial charge in [0.25, 0.3) is 0 Å². The summed E-state index contributed by atoms with van der Waals surface area (Å²) < 4.78 is 22.8. The molecule has 0 bridgehead atoms. The van der Waals surface area contributed by atoms with Crippen molar-refractivity contribution in [2.75, 3.05) is 0 Å². The van der Waals surface area contributed by atoms with Crippen LogP contribution in [0.3, 0.4) is 0 Å². The Morgan fingerprint density at radius 1 is 1.53 bits per heavy atom. The van der Waals surface area contributed by atoms with Crippen LogP contribution in [-0.2, 0) is 0 Å². The zero-order chi connectivity index (χ0) is 12.4. The standard InChI is InChI=1S/C11H8FNO4/c1-6-4-7(12)2-3-9(6)17-11-13-8(5-16-11)10(14)15/h2-5H,1H3,(H,14,15). The molecule has 6 heteroatoms. The Morgan fingerprint density at radius 3 is 2.88 bits per heavy atom.